The van der Waals surface area contributed by atoms with Gasteiger partial charge in [-0.2, -0.15) is 0 Å². The smallest absolute Gasteiger partial charge is 0.408 e. The van der Waals surface area contributed by atoms with Crippen LogP contribution in [0.3, 0.4) is 0 Å². The van der Waals surface area contributed by atoms with Gasteiger partial charge >= 0.3 is 6.09 Å². The highest BCUT2D eigenvalue weighted by atomic mass is 16.5. The molecule has 1 aliphatic heterocycles. The number of aromatic amines is 2. The van der Waals surface area contributed by atoms with Crippen molar-refractivity contribution >= 4 is 34.7 Å². The number of aliphatic hydroxyl groups is 1. The third-order valence-corrected chi connectivity index (χ3v) is 10.7. The third kappa shape index (κ3) is 12.7. The van der Waals surface area contributed by atoms with Crippen LogP contribution in [0.1, 0.15) is 61.9 Å². The molecule has 1 aliphatic rings. The lowest BCUT2D eigenvalue weighted by atomic mass is 9.98. The van der Waals surface area contributed by atoms with E-state index in [0.717, 1.165) is 54.5 Å². The van der Waals surface area contributed by atoms with E-state index < -0.39 is 48.0 Å². The number of nitrogens with one attached hydrogen (secondary N) is 6. The molecule has 4 amide bonds. The highest BCUT2D eigenvalue weighted by Crippen LogP contribution is 2.20. The van der Waals surface area contributed by atoms with E-state index in [4.69, 9.17) is 4.74 Å². The predicted octanol–water partition coefficient (Wildman–Crippen LogP) is 4.52. The molecular weight excluding hydrogens is 749 g/mol. The summed E-state index contributed by atoms with van der Waals surface area (Å²) in [7, 11) is 0. The second-order valence-electron chi connectivity index (χ2n) is 15.7. The minimum atomic E-state index is -1.28. The number of para-hydroxylation sites is 1. The van der Waals surface area contributed by atoms with Gasteiger partial charge in [-0.05, 0) is 54.4 Å². The van der Waals surface area contributed by atoms with Crippen molar-refractivity contribution in [3.05, 3.63) is 126 Å². The largest absolute Gasteiger partial charge is 0.445 e. The third-order valence-electron chi connectivity index (χ3n) is 10.7. The Bertz CT molecular complexity index is 2080. The van der Waals surface area contributed by atoms with E-state index in [2.05, 4.69) is 53.3 Å². The van der Waals surface area contributed by atoms with Gasteiger partial charge in [0.15, 0.2) is 0 Å². The number of imidazole rings is 1. The molecule has 14 nitrogen and oxygen atoms in total. The van der Waals surface area contributed by atoms with Crippen LogP contribution in [0.25, 0.3) is 10.9 Å². The lowest BCUT2D eigenvalue weighted by molar-refractivity contribution is -0.135. The average Bonchev–Trinajstić information content (AvgIpc) is 3.92. The summed E-state index contributed by atoms with van der Waals surface area (Å²) in [6, 6.07) is 23.3. The molecule has 7 N–H and O–H groups in total. The SMILES string of the molecule is CC(C)CC[C@H](O)C(NC(=O)[C@H](Cc1cnc[nH]1)NC(=O)[C@H](Cc1c[nH]c2ccccc12)NC(=O)OCc1ccccc1)C(=O)NC1CCN(Cc2ccccc2)CC1. The summed E-state index contributed by atoms with van der Waals surface area (Å²) in [5.41, 5.74) is 4.19. The first kappa shape index (κ1) is 42.6. The van der Waals surface area contributed by atoms with Crippen molar-refractivity contribution in [3.63, 3.8) is 0 Å². The van der Waals surface area contributed by atoms with E-state index in [1.165, 1.54) is 11.9 Å². The first-order valence-electron chi connectivity index (χ1n) is 20.5. The number of fused-ring (bicyclic) bond motifs is 1. The van der Waals surface area contributed by atoms with Crippen LogP contribution in [0.4, 0.5) is 4.79 Å². The van der Waals surface area contributed by atoms with E-state index in [9.17, 15) is 24.3 Å². The quantitative estimate of drug-likeness (QED) is 0.0634. The Labute approximate surface area is 344 Å². The molecule has 312 valence electrons. The van der Waals surface area contributed by atoms with Gasteiger partial charge in [0.05, 0.1) is 12.4 Å². The normalized spacial score (nSPS) is 15.5. The van der Waals surface area contributed by atoms with Crippen molar-refractivity contribution in [1.82, 2.24) is 41.1 Å². The van der Waals surface area contributed by atoms with Crippen molar-refractivity contribution in [3.8, 4) is 0 Å². The minimum absolute atomic E-state index is 0.00561. The number of H-pyrrole nitrogens is 2. The van der Waals surface area contributed by atoms with Crippen LogP contribution in [0.15, 0.2) is 104 Å². The maximum Gasteiger partial charge on any atom is 0.408 e. The fourth-order valence-electron chi connectivity index (χ4n) is 7.36. The molecule has 3 heterocycles. The second kappa shape index (κ2) is 21.1. The van der Waals surface area contributed by atoms with Gasteiger partial charge in [-0.15, -0.1) is 0 Å². The van der Waals surface area contributed by atoms with Gasteiger partial charge in [-0.25, -0.2) is 9.78 Å². The molecule has 0 saturated carbocycles. The number of nitrogens with zero attached hydrogens (tertiary/aromatic N) is 2. The van der Waals surface area contributed by atoms with E-state index in [0.29, 0.717) is 12.1 Å². The number of carbonyl (C=O) groups is 4. The zero-order chi connectivity index (χ0) is 41.6. The van der Waals surface area contributed by atoms with E-state index in [1.807, 2.05) is 86.6 Å². The molecule has 14 heteroatoms. The number of likely N-dealkylation sites (tertiary alicyclic amines) is 1. The summed E-state index contributed by atoms with van der Waals surface area (Å²) < 4.78 is 5.49. The maximum atomic E-state index is 14.3. The molecule has 2 aromatic heterocycles. The summed E-state index contributed by atoms with van der Waals surface area (Å²) in [4.78, 5) is 68.3. The van der Waals surface area contributed by atoms with Crippen molar-refractivity contribution < 1.29 is 29.0 Å². The molecule has 1 saturated heterocycles. The van der Waals surface area contributed by atoms with Crippen LogP contribution in [-0.2, 0) is 45.1 Å². The van der Waals surface area contributed by atoms with Crippen molar-refractivity contribution in [2.24, 2.45) is 5.92 Å². The molecule has 59 heavy (non-hydrogen) atoms. The van der Waals surface area contributed by atoms with Crippen LogP contribution in [0.2, 0.25) is 0 Å². The maximum absolute atomic E-state index is 14.3. The standard InChI is InChI=1S/C45H56N8O6/c1-30(2)17-18-40(54)41(44(57)49-34-19-21-53(22-20-34)27-31-11-5-3-6-12-31)52-43(56)39(24-35-26-46-29-48-35)50-42(55)38(23-33-25-47-37-16-10-9-15-36(33)37)51-45(58)59-28-32-13-7-4-8-14-32/h3-16,25-26,29-30,34,38-41,47,54H,17-24,27-28H2,1-2H3,(H,46,48)(H,49,57)(H,50,55)(H,51,58)(H,52,56)/t38-,39-,40-,41?/m0/s1. The van der Waals surface area contributed by atoms with Gasteiger partial charge in [0.2, 0.25) is 17.7 Å². The fourth-order valence-corrected chi connectivity index (χ4v) is 7.36. The first-order chi connectivity index (χ1) is 28.6. The number of rotatable bonds is 19. The van der Waals surface area contributed by atoms with Gasteiger partial charge < -0.3 is 41.1 Å². The Balaban J connectivity index is 1.17. The molecule has 4 atom stereocenters. The number of amides is 4. The Hall–Kier alpha value is -5.99. The lowest BCUT2D eigenvalue weighted by Gasteiger charge is -2.34. The predicted molar refractivity (Wildman–Crippen MR) is 225 cm³/mol. The van der Waals surface area contributed by atoms with Gasteiger partial charge in [-0.1, -0.05) is 92.7 Å². The Morgan fingerprint density at radius 1 is 0.797 bits per heavy atom. The zero-order valence-corrected chi connectivity index (χ0v) is 33.7. The first-order valence-corrected chi connectivity index (χ1v) is 20.5. The summed E-state index contributed by atoms with van der Waals surface area (Å²) in [5, 5.41) is 23.8. The Morgan fingerprint density at radius 2 is 1.46 bits per heavy atom. The van der Waals surface area contributed by atoms with Gasteiger partial charge in [-0.3, -0.25) is 19.3 Å². The Morgan fingerprint density at radius 3 is 2.15 bits per heavy atom. The minimum Gasteiger partial charge on any atom is -0.445 e. The number of hydrogen-bond donors (Lipinski definition) is 7. The lowest BCUT2D eigenvalue weighted by Crippen LogP contribution is -2.61. The van der Waals surface area contributed by atoms with Crippen LogP contribution < -0.4 is 21.3 Å². The van der Waals surface area contributed by atoms with Crippen LogP contribution in [-0.4, -0.2) is 92.1 Å². The molecule has 0 aliphatic carbocycles. The fraction of sp³-hybridized carbons (Fsp3) is 0.400. The highest BCUT2D eigenvalue weighted by molar-refractivity contribution is 5.95. The number of alkyl carbamates (subject to hydrolysis) is 1. The zero-order valence-electron chi connectivity index (χ0n) is 33.7. The van der Waals surface area contributed by atoms with E-state index in [-0.39, 0.29) is 37.8 Å². The number of carbonyl (C=O) groups excluding carboxylic acids is 4. The van der Waals surface area contributed by atoms with Crippen LogP contribution in [0, 0.1) is 5.92 Å². The molecule has 1 fully saturated rings. The summed E-state index contributed by atoms with van der Waals surface area (Å²) in [6.45, 7) is 6.45. The van der Waals surface area contributed by atoms with Crippen molar-refractivity contribution in [2.45, 2.75) is 95.8 Å². The summed E-state index contributed by atoms with van der Waals surface area (Å²) in [5.74, 6) is -1.55. The van der Waals surface area contributed by atoms with Crippen LogP contribution in [0.5, 0.6) is 0 Å². The monoisotopic (exact) mass is 804 g/mol. The molecule has 0 spiro atoms. The number of ether oxygens (including phenoxy) is 1. The number of piperidine rings is 1. The van der Waals surface area contributed by atoms with Gasteiger partial charge in [0.25, 0.3) is 0 Å². The van der Waals surface area contributed by atoms with Gasteiger partial charge in [0.1, 0.15) is 24.7 Å². The molecule has 6 rings (SSSR count). The highest BCUT2D eigenvalue weighted by Gasteiger charge is 2.35. The van der Waals surface area contributed by atoms with Crippen LogP contribution >= 0.6 is 0 Å². The topological polar surface area (TPSA) is 194 Å². The summed E-state index contributed by atoms with van der Waals surface area (Å²) >= 11 is 0. The number of benzene rings is 3. The van der Waals surface area contributed by atoms with Crippen molar-refractivity contribution in [2.75, 3.05) is 13.1 Å². The number of hydrogen-bond acceptors (Lipinski definition) is 8. The molecular formula is C45H56N8O6. The molecule has 0 radical (unpaired) electrons. The molecule has 5 aromatic rings. The molecule has 0 bridgehead atoms. The second-order valence-corrected chi connectivity index (χ2v) is 15.7. The van der Waals surface area contributed by atoms with Crippen molar-refractivity contribution in [1.29, 1.82) is 0 Å². The summed E-state index contributed by atoms with van der Waals surface area (Å²) in [6.07, 6.45) is 5.23. The molecule has 1 unspecified atom stereocenters. The average molecular weight is 805 g/mol. The number of aliphatic hydroxyl groups excluding tert-OH is 1. The van der Waals surface area contributed by atoms with Gasteiger partial charge in [0, 0.05) is 67.5 Å². The van der Waals surface area contributed by atoms with E-state index in [1.54, 1.807) is 12.4 Å². The Kier molecular flexibility index (Phi) is 15.3. The number of aromatic nitrogens is 3. The molecule has 3 aromatic carbocycles. The van der Waals surface area contributed by atoms with E-state index >= 15 is 0 Å².